The number of ketones is 1. The highest BCUT2D eigenvalue weighted by molar-refractivity contribution is 9.10. The van der Waals surface area contributed by atoms with Gasteiger partial charge in [-0.2, -0.15) is 0 Å². The lowest BCUT2D eigenvalue weighted by Crippen LogP contribution is -2.04. The third kappa shape index (κ3) is 3.65. The molecular formula is C14H8Br2ClFO. The van der Waals surface area contributed by atoms with Crippen molar-refractivity contribution in [3.05, 3.63) is 67.3 Å². The lowest BCUT2D eigenvalue weighted by atomic mass is 10.0. The van der Waals surface area contributed by atoms with Crippen molar-refractivity contribution in [2.75, 3.05) is 0 Å². The maximum atomic E-state index is 13.1. The van der Waals surface area contributed by atoms with Gasteiger partial charge in [0.1, 0.15) is 5.82 Å². The zero-order valence-electron chi connectivity index (χ0n) is 9.59. The Morgan fingerprint density at radius 3 is 2.58 bits per heavy atom. The van der Waals surface area contributed by atoms with Gasteiger partial charge in [-0.1, -0.05) is 33.6 Å². The van der Waals surface area contributed by atoms with E-state index in [0.29, 0.717) is 15.1 Å². The van der Waals surface area contributed by atoms with E-state index in [0.717, 1.165) is 10.0 Å². The van der Waals surface area contributed by atoms with Crippen LogP contribution in [-0.2, 0) is 6.42 Å². The molecule has 5 heteroatoms. The second-order valence-electron chi connectivity index (χ2n) is 3.97. The van der Waals surface area contributed by atoms with Crippen LogP contribution < -0.4 is 0 Å². The van der Waals surface area contributed by atoms with E-state index >= 15 is 0 Å². The molecule has 0 aromatic heterocycles. The second kappa shape index (κ2) is 6.16. The van der Waals surface area contributed by atoms with E-state index in [1.807, 2.05) is 0 Å². The average molecular weight is 406 g/mol. The highest BCUT2D eigenvalue weighted by atomic mass is 79.9. The first-order chi connectivity index (χ1) is 8.97. The highest BCUT2D eigenvalue weighted by Gasteiger charge is 2.12. The standard InChI is InChI=1S/C14H8Br2ClFO/c15-9-2-3-12(17)10(7-9)14(19)6-8-1-4-13(18)11(16)5-8/h1-5,7H,6H2. The molecule has 1 nitrogen and oxygen atoms in total. The average Bonchev–Trinajstić information content (AvgIpc) is 2.36. The molecule has 2 aromatic rings. The molecule has 0 saturated heterocycles. The van der Waals surface area contributed by atoms with Gasteiger partial charge in [-0.3, -0.25) is 4.79 Å². The number of carbonyl (C=O) groups is 1. The SMILES string of the molecule is O=C(Cc1ccc(F)c(Br)c1)c1cc(Br)ccc1Cl. The zero-order valence-corrected chi connectivity index (χ0v) is 13.5. The van der Waals surface area contributed by atoms with Crippen LogP contribution in [0.4, 0.5) is 4.39 Å². The summed E-state index contributed by atoms with van der Waals surface area (Å²) in [4.78, 5) is 12.2. The molecular weight excluding hydrogens is 398 g/mol. The number of benzene rings is 2. The molecule has 0 amide bonds. The molecule has 0 N–H and O–H groups in total. The highest BCUT2D eigenvalue weighted by Crippen LogP contribution is 2.23. The van der Waals surface area contributed by atoms with Gasteiger partial charge < -0.3 is 0 Å². The Kier molecular flexibility index (Phi) is 4.76. The van der Waals surface area contributed by atoms with Gasteiger partial charge in [0, 0.05) is 16.5 Å². The lowest BCUT2D eigenvalue weighted by molar-refractivity contribution is 0.0993. The van der Waals surface area contributed by atoms with Crippen LogP contribution in [0, 0.1) is 5.82 Å². The number of rotatable bonds is 3. The molecule has 0 fully saturated rings. The molecule has 0 unspecified atom stereocenters. The van der Waals surface area contributed by atoms with Crippen molar-refractivity contribution in [1.29, 1.82) is 0 Å². The van der Waals surface area contributed by atoms with Crippen molar-refractivity contribution >= 4 is 49.2 Å². The minimum Gasteiger partial charge on any atom is -0.294 e. The first-order valence-electron chi connectivity index (χ1n) is 5.39. The zero-order chi connectivity index (χ0) is 14.0. The van der Waals surface area contributed by atoms with Crippen LogP contribution in [0.3, 0.4) is 0 Å². The Balaban J connectivity index is 2.25. The fourth-order valence-corrected chi connectivity index (χ4v) is 2.65. The van der Waals surface area contributed by atoms with Crippen molar-refractivity contribution < 1.29 is 9.18 Å². The van der Waals surface area contributed by atoms with Crippen molar-refractivity contribution in [2.24, 2.45) is 0 Å². The van der Waals surface area contributed by atoms with Gasteiger partial charge in [-0.05, 0) is 51.8 Å². The summed E-state index contributed by atoms with van der Waals surface area (Å²) in [6.45, 7) is 0. The molecule has 0 spiro atoms. The lowest BCUT2D eigenvalue weighted by Gasteiger charge is -2.05. The predicted molar refractivity (Wildman–Crippen MR) is 81.3 cm³/mol. The molecule has 0 atom stereocenters. The normalized spacial score (nSPS) is 10.5. The fraction of sp³-hybridized carbons (Fsp3) is 0.0714. The predicted octanol–water partition coefficient (Wildman–Crippen LogP) is 5.43. The summed E-state index contributed by atoms with van der Waals surface area (Å²) in [5, 5.41) is 0.411. The molecule has 98 valence electrons. The van der Waals surface area contributed by atoms with Crippen molar-refractivity contribution in [3.8, 4) is 0 Å². The molecule has 0 aliphatic rings. The van der Waals surface area contributed by atoms with E-state index in [1.54, 1.807) is 30.3 Å². The van der Waals surface area contributed by atoms with E-state index in [4.69, 9.17) is 11.6 Å². The van der Waals surface area contributed by atoms with Gasteiger partial charge in [0.15, 0.2) is 5.78 Å². The summed E-state index contributed by atoms with van der Waals surface area (Å²) in [6, 6.07) is 9.63. The summed E-state index contributed by atoms with van der Waals surface area (Å²) in [5.41, 5.74) is 1.19. The maximum absolute atomic E-state index is 13.1. The van der Waals surface area contributed by atoms with E-state index in [1.165, 1.54) is 6.07 Å². The Morgan fingerprint density at radius 2 is 1.89 bits per heavy atom. The Bertz CT molecular complexity index is 643. The third-order valence-corrected chi connectivity index (χ3v) is 4.01. The molecule has 2 aromatic carbocycles. The first-order valence-corrected chi connectivity index (χ1v) is 7.36. The maximum Gasteiger partial charge on any atom is 0.168 e. The van der Waals surface area contributed by atoms with Crippen LogP contribution in [0.15, 0.2) is 45.3 Å². The van der Waals surface area contributed by atoms with Crippen LogP contribution in [0.1, 0.15) is 15.9 Å². The van der Waals surface area contributed by atoms with Crippen LogP contribution in [0.2, 0.25) is 5.02 Å². The Morgan fingerprint density at radius 1 is 1.16 bits per heavy atom. The number of hydrogen-bond donors (Lipinski definition) is 0. The summed E-state index contributed by atoms with van der Waals surface area (Å²) in [6.07, 6.45) is 0.176. The van der Waals surface area contributed by atoms with Crippen LogP contribution in [0.5, 0.6) is 0 Å². The number of Topliss-reactive ketones (excluding diaryl/α,β-unsaturated/α-hetero) is 1. The second-order valence-corrected chi connectivity index (χ2v) is 6.15. The van der Waals surface area contributed by atoms with Crippen molar-refractivity contribution in [3.63, 3.8) is 0 Å². The van der Waals surface area contributed by atoms with Crippen LogP contribution >= 0.6 is 43.5 Å². The molecule has 0 aliphatic carbocycles. The molecule has 0 heterocycles. The summed E-state index contributed by atoms with van der Waals surface area (Å²) < 4.78 is 14.3. The topological polar surface area (TPSA) is 17.1 Å². The van der Waals surface area contributed by atoms with Gasteiger partial charge in [0.2, 0.25) is 0 Å². The van der Waals surface area contributed by atoms with Gasteiger partial charge in [0.25, 0.3) is 0 Å². The largest absolute Gasteiger partial charge is 0.294 e. The van der Waals surface area contributed by atoms with E-state index < -0.39 is 0 Å². The molecule has 2 rings (SSSR count). The van der Waals surface area contributed by atoms with Gasteiger partial charge in [-0.15, -0.1) is 0 Å². The Hall–Kier alpha value is -0.710. The molecule has 0 saturated carbocycles. The molecule has 0 aliphatic heterocycles. The first kappa shape index (κ1) is 14.7. The smallest absolute Gasteiger partial charge is 0.168 e. The fourth-order valence-electron chi connectivity index (χ4n) is 1.64. The van der Waals surface area contributed by atoms with Crippen molar-refractivity contribution in [2.45, 2.75) is 6.42 Å². The monoisotopic (exact) mass is 404 g/mol. The van der Waals surface area contributed by atoms with E-state index in [2.05, 4.69) is 31.9 Å². The Labute approximate surface area is 132 Å². The van der Waals surface area contributed by atoms with Gasteiger partial charge >= 0.3 is 0 Å². The van der Waals surface area contributed by atoms with Crippen molar-refractivity contribution in [1.82, 2.24) is 0 Å². The van der Waals surface area contributed by atoms with E-state index in [9.17, 15) is 9.18 Å². The number of hydrogen-bond acceptors (Lipinski definition) is 1. The van der Waals surface area contributed by atoms with E-state index in [-0.39, 0.29) is 18.0 Å². The molecule has 19 heavy (non-hydrogen) atoms. The van der Waals surface area contributed by atoms with Crippen LogP contribution in [-0.4, -0.2) is 5.78 Å². The van der Waals surface area contributed by atoms with Gasteiger partial charge in [-0.25, -0.2) is 4.39 Å². The minimum absolute atomic E-state index is 0.107. The summed E-state index contributed by atoms with van der Waals surface area (Å²) in [7, 11) is 0. The van der Waals surface area contributed by atoms with Gasteiger partial charge in [0.05, 0.1) is 9.50 Å². The quantitative estimate of drug-likeness (QED) is 0.621. The molecule has 0 bridgehead atoms. The summed E-state index contributed by atoms with van der Waals surface area (Å²) >= 11 is 12.4. The third-order valence-electron chi connectivity index (χ3n) is 2.58. The summed E-state index contributed by atoms with van der Waals surface area (Å²) in [5.74, 6) is -0.457. The molecule has 0 radical (unpaired) electrons. The van der Waals surface area contributed by atoms with Crippen LogP contribution in [0.25, 0.3) is 0 Å². The number of halogens is 4. The number of carbonyl (C=O) groups excluding carboxylic acids is 1. The minimum atomic E-state index is -0.350.